The zero-order valence-electron chi connectivity index (χ0n) is 13.6. The van der Waals surface area contributed by atoms with Gasteiger partial charge >= 0.3 is 0 Å². The smallest absolute Gasteiger partial charge is 0.225 e. The molecule has 0 spiro atoms. The van der Waals surface area contributed by atoms with Crippen molar-refractivity contribution in [1.82, 2.24) is 10.2 Å². The van der Waals surface area contributed by atoms with Gasteiger partial charge in [0.15, 0.2) is 0 Å². The van der Waals surface area contributed by atoms with Crippen LogP contribution in [-0.4, -0.2) is 35.3 Å². The van der Waals surface area contributed by atoms with Crippen molar-refractivity contribution in [3.8, 4) is 0 Å². The van der Waals surface area contributed by atoms with Crippen LogP contribution in [0.15, 0.2) is 0 Å². The Morgan fingerprint density at radius 3 is 2.40 bits per heavy atom. The van der Waals surface area contributed by atoms with Gasteiger partial charge in [0.2, 0.25) is 11.8 Å². The van der Waals surface area contributed by atoms with E-state index in [1.54, 1.807) is 4.90 Å². The van der Waals surface area contributed by atoms with Crippen molar-refractivity contribution in [2.75, 3.05) is 6.54 Å². The summed E-state index contributed by atoms with van der Waals surface area (Å²) in [5.74, 6) is 0.688. The molecule has 1 N–H and O–H groups in total. The molecule has 0 saturated carbocycles. The number of amides is 2. The SMILES string of the molecule is CC(C)CCC[C@H](C)NC(=O)[C@@H]1CC(=O)N(C(C)C)C1. The maximum absolute atomic E-state index is 12.2. The van der Waals surface area contributed by atoms with Crippen molar-refractivity contribution in [3.63, 3.8) is 0 Å². The van der Waals surface area contributed by atoms with Gasteiger partial charge in [0.1, 0.15) is 0 Å². The maximum atomic E-state index is 12.2. The Kier molecular flexibility index (Phi) is 6.50. The van der Waals surface area contributed by atoms with Gasteiger partial charge in [0.05, 0.1) is 5.92 Å². The number of hydrogen-bond acceptors (Lipinski definition) is 2. The first-order valence-corrected chi connectivity index (χ1v) is 7.91. The van der Waals surface area contributed by atoms with Crippen LogP contribution in [0.25, 0.3) is 0 Å². The van der Waals surface area contributed by atoms with E-state index in [2.05, 4.69) is 26.1 Å². The summed E-state index contributed by atoms with van der Waals surface area (Å²) >= 11 is 0. The van der Waals surface area contributed by atoms with Crippen LogP contribution in [0, 0.1) is 11.8 Å². The molecule has 0 aromatic heterocycles. The lowest BCUT2D eigenvalue weighted by Crippen LogP contribution is -2.39. The van der Waals surface area contributed by atoms with Crippen molar-refractivity contribution in [1.29, 1.82) is 0 Å². The lowest BCUT2D eigenvalue weighted by atomic mass is 10.0. The van der Waals surface area contributed by atoms with Crippen molar-refractivity contribution in [3.05, 3.63) is 0 Å². The first-order chi connectivity index (χ1) is 9.31. The van der Waals surface area contributed by atoms with Crippen LogP contribution in [0.3, 0.4) is 0 Å². The highest BCUT2D eigenvalue weighted by Crippen LogP contribution is 2.20. The van der Waals surface area contributed by atoms with Gasteiger partial charge in [-0.25, -0.2) is 0 Å². The first kappa shape index (κ1) is 17.0. The number of nitrogens with one attached hydrogen (secondary N) is 1. The first-order valence-electron chi connectivity index (χ1n) is 7.91. The Balaban J connectivity index is 2.34. The molecule has 116 valence electrons. The number of nitrogens with zero attached hydrogens (tertiary/aromatic N) is 1. The second-order valence-corrected chi connectivity index (χ2v) is 6.78. The van der Waals surface area contributed by atoms with Crippen LogP contribution in [0.4, 0.5) is 0 Å². The summed E-state index contributed by atoms with van der Waals surface area (Å²) in [4.78, 5) is 25.8. The van der Waals surface area contributed by atoms with Crippen LogP contribution in [-0.2, 0) is 9.59 Å². The number of rotatable bonds is 7. The van der Waals surface area contributed by atoms with E-state index in [4.69, 9.17) is 0 Å². The summed E-state index contributed by atoms with van der Waals surface area (Å²) in [5.41, 5.74) is 0. The average molecular weight is 282 g/mol. The molecule has 1 rings (SSSR count). The Hall–Kier alpha value is -1.06. The third kappa shape index (κ3) is 5.14. The summed E-state index contributed by atoms with van der Waals surface area (Å²) in [7, 11) is 0. The molecule has 0 unspecified atom stereocenters. The lowest BCUT2D eigenvalue weighted by molar-refractivity contribution is -0.130. The summed E-state index contributed by atoms with van der Waals surface area (Å²) in [6.45, 7) is 11.0. The zero-order chi connectivity index (χ0) is 15.3. The molecule has 2 atom stereocenters. The minimum absolute atomic E-state index is 0.0403. The third-order valence-electron chi connectivity index (χ3n) is 3.96. The predicted molar refractivity (Wildman–Crippen MR) is 81.2 cm³/mol. The minimum Gasteiger partial charge on any atom is -0.353 e. The number of carbonyl (C=O) groups is 2. The number of carbonyl (C=O) groups excluding carboxylic acids is 2. The van der Waals surface area contributed by atoms with Gasteiger partial charge in [-0.3, -0.25) is 9.59 Å². The second kappa shape index (κ2) is 7.65. The topological polar surface area (TPSA) is 49.4 Å². The standard InChI is InChI=1S/C16H30N2O2/c1-11(2)7-6-8-13(5)17-16(20)14-9-15(19)18(10-14)12(3)4/h11-14H,6-10H2,1-5H3,(H,17,20)/t13-,14+/m0/s1. The van der Waals surface area contributed by atoms with Gasteiger partial charge in [-0.2, -0.15) is 0 Å². The third-order valence-corrected chi connectivity index (χ3v) is 3.96. The second-order valence-electron chi connectivity index (χ2n) is 6.78. The molecular formula is C16H30N2O2. The van der Waals surface area contributed by atoms with E-state index in [1.807, 2.05) is 13.8 Å². The Morgan fingerprint density at radius 2 is 1.90 bits per heavy atom. The summed E-state index contributed by atoms with van der Waals surface area (Å²) in [6.07, 6.45) is 3.71. The van der Waals surface area contributed by atoms with E-state index in [9.17, 15) is 9.59 Å². The number of hydrogen-bond donors (Lipinski definition) is 1. The molecule has 2 amide bonds. The van der Waals surface area contributed by atoms with Crippen LogP contribution in [0.1, 0.15) is 60.3 Å². The average Bonchev–Trinajstić information content (AvgIpc) is 2.70. The van der Waals surface area contributed by atoms with E-state index >= 15 is 0 Å². The zero-order valence-corrected chi connectivity index (χ0v) is 13.6. The van der Waals surface area contributed by atoms with Crippen LogP contribution >= 0.6 is 0 Å². The molecule has 0 radical (unpaired) electrons. The molecule has 0 aromatic carbocycles. The maximum Gasteiger partial charge on any atom is 0.225 e. The van der Waals surface area contributed by atoms with Gasteiger partial charge in [0, 0.05) is 25.0 Å². The van der Waals surface area contributed by atoms with Crippen molar-refractivity contribution >= 4 is 11.8 Å². The molecule has 4 nitrogen and oxygen atoms in total. The van der Waals surface area contributed by atoms with E-state index in [-0.39, 0.29) is 29.8 Å². The molecular weight excluding hydrogens is 252 g/mol. The molecule has 1 aliphatic rings. The fraction of sp³-hybridized carbons (Fsp3) is 0.875. The summed E-state index contributed by atoms with van der Waals surface area (Å²) in [6, 6.07) is 0.383. The summed E-state index contributed by atoms with van der Waals surface area (Å²) in [5, 5.41) is 3.06. The fourth-order valence-corrected chi connectivity index (χ4v) is 2.67. The van der Waals surface area contributed by atoms with Crippen molar-refractivity contribution < 1.29 is 9.59 Å². The van der Waals surface area contributed by atoms with Gasteiger partial charge in [-0.1, -0.05) is 26.7 Å². The van der Waals surface area contributed by atoms with Crippen LogP contribution < -0.4 is 5.32 Å². The highest BCUT2D eigenvalue weighted by Gasteiger charge is 2.35. The molecule has 1 heterocycles. The highest BCUT2D eigenvalue weighted by molar-refractivity contribution is 5.89. The van der Waals surface area contributed by atoms with E-state index in [0.717, 1.165) is 12.8 Å². The van der Waals surface area contributed by atoms with E-state index < -0.39 is 0 Å². The van der Waals surface area contributed by atoms with Gasteiger partial charge in [-0.05, 0) is 33.1 Å². The minimum atomic E-state index is -0.169. The molecule has 1 saturated heterocycles. The monoisotopic (exact) mass is 282 g/mol. The Morgan fingerprint density at radius 1 is 1.25 bits per heavy atom. The van der Waals surface area contributed by atoms with Gasteiger partial charge in [0.25, 0.3) is 0 Å². The lowest BCUT2D eigenvalue weighted by Gasteiger charge is -2.21. The van der Waals surface area contributed by atoms with Crippen LogP contribution in [0.5, 0.6) is 0 Å². The highest BCUT2D eigenvalue weighted by atomic mass is 16.2. The molecule has 1 fully saturated rings. The number of likely N-dealkylation sites (tertiary alicyclic amines) is 1. The summed E-state index contributed by atoms with van der Waals surface area (Å²) < 4.78 is 0. The van der Waals surface area contributed by atoms with Gasteiger partial charge < -0.3 is 10.2 Å². The quantitative estimate of drug-likeness (QED) is 0.780. The van der Waals surface area contributed by atoms with E-state index in [1.165, 1.54) is 6.42 Å². The Labute approximate surface area is 123 Å². The fourth-order valence-electron chi connectivity index (χ4n) is 2.67. The predicted octanol–water partition coefficient (Wildman–Crippen LogP) is 2.57. The largest absolute Gasteiger partial charge is 0.353 e. The molecule has 20 heavy (non-hydrogen) atoms. The molecule has 0 bridgehead atoms. The molecule has 1 aliphatic heterocycles. The molecule has 0 aromatic rings. The van der Waals surface area contributed by atoms with E-state index in [0.29, 0.717) is 18.9 Å². The normalized spacial score (nSPS) is 20.9. The van der Waals surface area contributed by atoms with Crippen LogP contribution in [0.2, 0.25) is 0 Å². The molecule has 0 aliphatic carbocycles. The van der Waals surface area contributed by atoms with Crippen molar-refractivity contribution in [2.24, 2.45) is 11.8 Å². The Bertz CT molecular complexity index is 339. The van der Waals surface area contributed by atoms with Gasteiger partial charge in [-0.15, -0.1) is 0 Å². The van der Waals surface area contributed by atoms with Crippen molar-refractivity contribution in [2.45, 2.75) is 72.4 Å². The molecule has 4 heteroatoms.